The number of aryl methyl sites for hydroxylation is 2. The van der Waals surface area contributed by atoms with Crippen LogP contribution < -0.4 is 5.73 Å². The monoisotopic (exact) mass is 289 g/mol. The number of methoxy groups -OCH3 is 1. The van der Waals surface area contributed by atoms with Crippen LogP contribution >= 0.6 is 11.6 Å². The van der Waals surface area contributed by atoms with Crippen LogP contribution in [-0.2, 0) is 22.4 Å². The van der Waals surface area contributed by atoms with E-state index in [0.717, 1.165) is 35.8 Å². The van der Waals surface area contributed by atoms with Crippen LogP contribution in [0.5, 0.6) is 0 Å². The first-order chi connectivity index (χ1) is 9.10. The Morgan fingerprint density at radius 1 is 1.37 bits per heavy atom. The number of rotatable bonds is 9. The van der Waals surface area contributed by atoms with Crippen molar-refractivity contribution in [3.8, 4) is 0 Å². The molecule has 1 rings (SSSR count). The molecule has 0 fully saturated rings. The van der Waals surface area contributed by atoms with E-state index >= 15 is 0 Å². The average Bonchev–Trinajstić information content (AvgIpc) is 2.66. The summed E-state index contributed by atoms with van der Waals surface area (Å²) in [7, 11) is 1.66. The highest BCUT2D eigenvalue weighted by Gasteiger charge is 2.15. The molecule has 0 spiro atoms. The Kier molecular flexibility index (Phi) is 7.38. The van der Waals surface area contributed by atoms with E-state index in [1.807, 2.05) is 18.5 Å². The summed E-state index contributed by atoms with van der Waals surface area (Å²) in [5, 5.41) is 5.12. The molecule has 110 valence electrons. The highest BCUT2D eigenvalue weighted by atomic mass is 35.5. The summed E-state index contributed by atoms with van der Waals surface area (Å²) in [5.41, 5.74) is 7.99. The summed E-state index contributed by atoms with van der Waals surface area (Å²) in [6.45, 7) is 6.63. The number of halogens is 1. The van der Waals surface area contributed by atoms with Gasteiger partial charge in [-0.3, -0.25) is 4.68 Å². The van der Waals surface area contributed by atoms with Crippen LogP contribution in [0.25, 0.3) is 0 Å². The van der Waals surface area contributed by atoms with Crippen molar-refractivity contribution in [1.82, 2.24) is 9.78 Å². The van der Waals surface area contributed by atoms with Gasteiger partial charge in [0.15, 0.2) is 0 Å². The Morgan fingerprint density at radius 2 is 2.11 bits per heavy atom. The Balaban J connectivity index is 2.41. The van der Waals surface area contributed by atoms with E-state index in [1.165, 1.54) is 0 Å². The minimum absolute atomic E-state index is 0.0291. The number of ether oxygens (including phenoxy) is 2. The molecule has 1 atom stereocenters. The topological polar surface area (TPSA) is 62.3 Å². The van der Waals surface area contributed by atoms with Crippen LogP contribution in [0.1, 0.15) is 24.7 Å². The first kappa shape index (κ1) is 16.4. The van der Waals surface area contributed by atoms with Crippen LogP contribution in [-0.4, -0.2) is 42.8 Å². The molecule has 1 aromatic heterocycles. The molecule has 1 unspecified atom stereocenters. The van der Waals surface area contributed by atoms with Gasteiger partial charge in [0.2, 0.25) is 0 Å². The van der Waals surface area contributed by atoms with Crippen LogP contribution in [0, 0.1) is 6.92 Å². The van der Waals surface area contributed by atoms with Crippen LogP contribution in [0.2, 0.25) is 5.02 Å². The fraction of sp³-hybridized carbons (Fsp3) is 0.769. The normalized spacial score (nSPS) is 12.9. The van der Waals surface area contributed by atoms with Gasteiger partial charge in [-0.05, 0) is 20.3 Å². The molecule has 0 amide bonds. The first-order valence-electron chi connectivity index (χ1n) is 6.64. The fourth-order valence-electron chi connectivity index (χ4n) is 1.89. The summed E-state index contributed by atoms with van der Waals surface area (Å²) >= 11 is 6.25. The maximum atomic E-state index is 6.25. The van der Waals surface area contributed by atoms with Gasteiger partial charge in [0.1, 0.15) is 0 Å². The quantitative estimate of drug-likeness (QED) is 0.704. The minimum Gasteiger partial charge on any atom is -0.382 e. The van der Waals surface area contributed by atoms with Crippen molar-refractivity contribution in [2.45, 2.75) is 39.3 Å². The van der Waals surface area contributed by atoms with E-state index in [9.17, 15) is 0 Å². The third-order valence-corrected chi connectivity index (χ3v) is 3.46. The average molecular weight is 290 g/mol. The third-order valence-electron chi connectivity index (χ3n) is 2.97. The van der Waals surface area contributed by atoms with Gasteiger partial charge in [-0.25, -0.2) is 0 Å². The van der Waals surface area contributed by atoms with Crippen molar-refractivity contribution in [1.29, 1.82) is 0 Å². The zero-order valence-electron chi connectivity index (χ0n) is 12.0. The van der Waals surface area contributed by atoms with E-state index in [2.05, 4.69) is 5.10 Å². The molecule has 0 aromatic carbocycles. The standard InChI is InChI=1S/C13H24ClN3O2/c1-4-17-12(13(14)10(2)16-17)9-11(15)5-6-19-8-7-18-3/h11H,4-9,15H2,1-3H3. The summed E-state index contributed by atoms with van der Waals surface area (Å²) in [6, 6.07) is 0.0291. The molecule has 1 heterocycles. The van der Waals surface area contributed by atoms with Crippen LogP contribution in [0.3, 0.4) is 0 Å². The zero-order chi connectivity index (χ0) is 14.3. The first-order valence-corrected chi connectivity index (χ1v) is 7.02. The van der Waals surface area contributed by atoms with Crippen molar-refractivity contribution in [2.75, 3.05) is 26.9 Å². The molecule has 0 aliphatic carbocycles. The number of hydrogen-bond donors (Lipinski definition) is 1. The summed E-state index contributed by atoms with van der Waals surface area (Å²) in [6.07, 6.45) is 1.52. The maximum absolute atomic E-state index is 6.25. The summed E-state index contributed by atoms with van der Waals surface area (Å²) < 4.78 is 12.2. The van der Waals surface area contributed by atoms with E-state index in [1.54, 1.807) is 7.11 Å². The van der Waals surface area contributed by atoms with Crippen LogP contribution in [0.15, 0.2) is 0 Å². The van der Waals surface area contributed by atoms with E-state index in [0.29, 0.717) is 19.8 Å². The van der Waals surface area contributed by atoms with Crippen molar-refractivity contribution in [3.05, 3.63) is 16.4 Å². The summed E-state index contributed by atoms with van der Waals surface area (Å²) in [4.78, 5) is 0. The number of hydrogen-bond acceptors (Lipinski definition) is 4. The maximum Gasteiger partial charge on any atom is 0.0847 e. The number of aromatic nitrogens is 2. The minimum atomic E-state index is 0.0291. The molecule has 5 nitrogen and oxygen atoms in total. The predicted octanol–water partition coefficient (Wildman–Crippen LogP) is 1.79. The highest BCUT2D eigenvalue weighted by molar-refractivity contribution is 6.31. The molecule has 1 aromatic rings. The molecule has 0 bridgehead atoms. The largest absolute Gasteiger partial charge is 0.382 e. The molecule has 19 heavy (non-hydrogen) atoms. The molecule has 0 saturated heterocycles. The predicted molar refractivity (Wildman–Crippen MR) is 76.6 cm³/mol. The van der Waals surface area contributed by atoms with Crippen molar-refractivity contribution >= 4 is 11.6 Å². The Morgan fingerprint density at radius 3 is 2.74 bits per heavy atom. The lowest BCUT2D eigenvalue weighted by molar-refractivity contribution is 0.0671. The van der Waals surface area contributed by atoms with Gasteiger partial charge in [0.05, 0.1) is 29.6 Å². The van der Waals surface area contributed by atoms with E-state index in [4.69, 9.17) is 26.8 Å². The Bertz CT molecular complexity index is 382. The van der Waals surface area contributed by atoms with Gasteiger partial charge in [0.25, 0.3) is 0 Å². The SMILES string of the molecule is CCn1nc(C)c(Cl)c1CC(N)CCOCCOC. The fourth-order valence-corrected chi connectivity index (χ4v) is 2.11. The van der Waals surface area contributed by atoms with Crippen molar-refractivity contribution < 1.29 is 9.47 Å². The Hall–Kier alpha value is -0.620. The Labute approximate surface area is 120 Å². The van der Waals surface area contributed by atoms with Gasteiger partial charge in [0, 0.05) is 32.7 Å². The lowest BCUT2D eigenvalue weighted by atomic mass is 10.1. The zero-order valence-corrected chi connectivity index (χ0v) is 12.7. The molecule has 2 N–H and O–H groups in total. The molecular formula is C13H24ClN3O2. The molecule has 0 radical (unpaired) electrons. The van der Waals surface area contributed by atoms with Gasteiger partial charge in [-0.1, -0.05) is 11.6 Å². The molecular weight excluding hydrogens is 266 g/mol. The van der Waals surface area contributed by atoms with Crippen molar-refractivity contribution in [3.63, 3.8) is 0 Å². The van der Waals surface area contributed by atoms with Crippen molar-refractivity contribution in [2.24, 2.45) is 5.73 Å². The van der Waals surface area contributed by atoms with Crippen LogP contribution in [0.4, 0.5) is 0 Å². The number of nitrogens with two attached hydrogens (primary N) is 1. The lowest BCUT2D eigenvalue weighted by Crippen LogP contribution is -2.26. The second kappa shape index (κ2) is 8.53. The highest BCUT2D eigenvalue weighted by Crippen LogP contribution is 2.21. The second-order valence-corrected chi connectivity index (χ2v) is 4.90. The van der Waals surface area contributed by atoms with Gasteiger partial charge >= 0.3 is 0 Å². The van der Waals surface area contributed by atoms with Gasteiger partial charge in [-0.15, -0.1) is 0 Å². The number of nitrogens with zero attached hydrogens (tertiary/aromatic N) is 2. The van der Waals surface area contributed by atoms with E-state index in [-0.39, 0.29) is 6.04 Å². The summed E-state index contributed by atoms with van der Waals surface area (Å²) in [5.74, 6) is 0. The molecule has 6 heteroatoms. The van der Waals surface area contributed by atoms with Gasteiger partial charge < -0.3 is 15.2 Å². The smallest absolute Gasteiger partial charge is 0.0847 e. The molecule has 0 aliphatic heterocycles. The van der Waals surface area contributed by atoms with Gasteiger partial charge in [-0.2, -0.15) is 5.10 Å². The lowest BCUT2D eigenvalue weighted by Gasteiger charge is -2.13. The third kappa shape index (κ3) is 5.10. The molecule has 0 aliphatic rings. The molecule has 0 saturated carbocycles. The van der Waals surface area contributed by atoms with E-state index < -0.39 is 0 Å². The second-order valence-electron chi connectivity index (χ2n) is 4.52.